The minimum atomic E-state index is -1.41. The smallest absolute Gasteiger partial charge is 0.184 e. The second kappa shape index (κ2) is 5.01. The summed E-state index contributed by atoms with van der Waals surface area (Å²) in [7, 11) is 2.87. The average Bonchev–Trinajstić information content (AvgIpc) is 2.16. The van der Waals surface area contributed by atoms with Gasteiger partial charge in [0.05, 0.1) is 6.61 Å². The van der Waals surface area contributed by atoms with Gasteiger partial charge in [-0.05, 0) is 0 Å². The molecule has 0 spiro atoms. The van der Waals surface area contributed by atoms with Crippen molar-refractivity contribution in [1.29, 1.82) is 0 Å². The maximum absolute atomic E-state index is 9.53. The molecule has 0 amide bonds. The molecule has 0 unspecified atom stereocenters. The predicted molar refractivity (Wildman–Crippen MR) is 45.6 cm³/mol. The number of methoxy groups -OCH3 is 2. The van der Waals surface area contributed by atoms with Gasteiger partial charge >= 0.3 is 0 Å². The molecule has 1 heterocycles. The van der Waals surface area contributed by atoms with E-state index >= 15 is 0 Å². The summed E-state index contributed by atoms with van der Waals surface area (Å²) in [4.78, 5) is 0. The number of aliphatic hydroxyl groups excluding tert-OH is 3. The van der Waals surface area contributed by atoms with E-state index in [4.69, 9.17) is 14.2 Å². The fraction of sp³-hybridized carbons (Fsp3) is 1.00. The number of hydrogen-bond acceptors (Lipinski definition) is 6. The first-order valence-electron chi connectivity index (χ1n) is 4.33. The van der Waals surface area contributed by atoms with Gasteiger partial charge in [0.1, 0.15) is 24.4 Å². The molecule has 6 heteroatoms. The lowest BCUT2D eigenvalue weighted by Gasteiger charge is -2.39. The maximum atomic E-state index is 9.53. The van der Waals surface area contributed by atoms with Crippen molar-refractivity contribution in [2.45, 2.75) is 30.7 Å². The SMILES string of the molecule is COC[C@@H]1O[C@H](O)[C@@H](O)[C@H](O)[C@H]1OC. The van der Waals surface area contributed by atoms with Gasteiger partial charge in [-0.25, -0.2) is 0 Å². The summed E-state index contributed by atoms with van der Waals surface area (Å²) >= 11 is 0. The van der Waals surface area contributed by atoms with Gasteiger partial charge < -0.3 is 29.5 Å². The molecule has 1 aliphatic heterocycles. The van der Waals surface area contributed by atoms with Gasteiger partial charge in [0.2, 0.25) is 0 Å². The molecule has 6 nitrogen and oxygen atoms in total. The third-order valence-electron chi connectivity index (χ3n) is 2.26. The van der Waals surface area contributed by atoms with Crippen molar-refractivity contribution in [2.75, 3.05) is 20.8 Å². The van der Waals surface area contributed by atoms with Crippen LogP contribution in [-0.4, -0.2) is 66.9 Å². The van der Waals surface area contributed by atoms with Gasteiger partial charge in [0, 0.05) is 14.2 Å². The van der Waals surface area contributed by atoms with E-state index in [1.807, 2.05) is 0 Å². The molecular weight excluding hydrogens is 192 g/mol. The van der Waals surface area contributed by atoms with Crippen LogP contribution >= 0.6 is 0 Å². The van der Waals surface area contributed by atoms with Gasteiger partial charge in [-0.2, -0.15) is 0 Å². The first-order valence-corrected chi connectivity index (χ1v) is 4.33. The third-order valence-corrected chi connectivity index (χ3v) is 2.26. The van der Waals surface area contributed by atoms with Crippen LogP contribution in [0.5, 0.6) is 0 Å². The summed E-state index contributed by atoms with van der Waals surface area (Å²) in [6.45, 7) is 0.180. The Morgan fingerprint density at radius 1 is 1.14 bits per heavy atom. The number of aliphatic hydroxyl groups is 3. The molecule has 0 bridgehead atoms. The van der Waals surface area contributed by atoms with E-state index in [0.717, 1.165) is 0 Å². The maximum Gasteiger partial charge on any atom is 0.184 e. The Balaban J connectivity index is 2.66. The summed E-state index contributed by atoms with van der Waals surface area (Å²) in [6, 6.07) is 0. The summed E-state index contributed by atoms with van der Waals surface area (Å²) in [5.74, 6) is 0. The first kappa shape index (κ1) is 11.8. The van der Waals surface area contributed by atoms with E-state index < -0.39 is 30.7 Å². The predicted octanol–water partition coefficient (Wildman–Crippen LogP) is -1.91. The molecule has 1 saturated heterocycles. The molecule has 14 heavy (non-hydrogen) atoms. The lowest BCUT2D eigenvalue weighted by molar-refractivity contribution is -0.291. The molecule has 0 aromatic rings. The number of ether oxygens (including phenoxy) is 3. The van der Waals surface area contributed by atoms with E-state index in [9.17, 15) is 15.3 Å². The Hall–Kier alpha value is -0.240. The monoisotopic (exact) mass is 208 g/mol. The number of hydrogen-bond donors (Lipinski definition) is 3. The van der Waals surface area contributed by atoms with E-state index in [1.165, 1.54) is 14.2 Å². The Bertz CT molecular complexity index is 175. The topological polar surface area (TPSA) is 88.4 Å². The average molecular weight is 208 g/mol. The summed E-state index contributed by atoms with van der Waals surface area (Å²) in [5.41, 5.74) is 0. The molecule has 84 valence electrons. The van der Waals surface area contributed by atoms with E-state index in [1.54, 1.807) is 0 Å². The third kappa shape index (κ3) is 2.22. The van der Waals surface area contributed by atoms with Crippen LogP contribution < -0.4 is 0 Å². The standard InChI is InChI=1S/C8H16O6/c1-12-3-4-7(13-2)5(9)6(10)8(11)14-4/h4-11H,3H2,1-2H3/t4-,5-,6-,7-,8-/m0/s1. The van der Waals surface area contributed by atoms with Crippen LogP contribution in [0.15, 0.2) is 0 Å². The minimum absolute atomic E-state index is 0.180. The summed E-state index contributed by atoms with van der Waals surface area (Å²) in [6.07, 6.45) is -5.22. The first-order chi connectivity index (χ1) is 6.61. The van der Waals surface area contributed by atoms with Crippen molar-refractivity contribution in [3.63, 3.8) is 0 Å². The highest BCUT2D eigenvalue weighted by Gasteiger charge is 2.43. The van der Waals surface area contributed by atoms with Crippen molar-refractivity contribution in [3.05, 3.63) is 0 Å². The lowest BCUT2D eigenvalue weighted by Crippen LogP contribution is -2.59. The van der Waals surface area contributed by atoms with E-state index in [-0.39, 0.29) is 6.61 Å². The highest BCUT2D eigenvalue weighted by Crippen LogP contribution is 2.21. The molecule has 5 atom stereocenters. The van der Waals surface area contributed by atoms with Crippen LogP contribution in [0.1, 0.15) is 0 Å². The second-order valence-electron chi connectivity index (χ2n) is 3.20. The van der Waals surface area contributed by atoms with Crippen molar-refractivity contribution in [3.8, 4) is 0 Å². The zero-order chi connectivity index (χ0) is 10.7. The molecule has 0 radical (unpaired) electrons. The Morgan fingerprint density at radius 2 is 1.79 bits per heavy atom. The highest BCUT2D eigenvalue weighted by atomic mass is 16.7. The van der Waals surface area contributed by atoms with Crippen LogP contribution in [-0.2, 0) is 14.2 Å². The number of rotatable bonds is 3. The van der Waals surface area contributed by atoms with Gasteiger partial charge in [-0.3, -0.25) is 0 Å². The fourth-order valence-electron chi connectivity index (χ4n) is 1.51. The van der Waals surface area contributed by atoms with Crippen molar-refractivity contribution >= 4 is 0 Å². The van der Waals surface area contributed by atoms with Crippen molar-refractivity contribution in [1.82, 2.24) is 0 Å². The van der Waals surface area contributed by atoms with Gasteiger partial charge in [-0.1, -0.05) is 0 Å². The van der Waals surface area contributed by atoms with E-state index in [2.05, 4.69) is 0 Å². The van der Waals surface area contributed by atoms with Gasteiger partial charge in [0.25, 0.3) is 0 Å². The van der Waals surface area contributed by atoms with Gasteiger partial charge in [0.15, 0.2) is 6.29 Å². The fourth-order valence-corrected chi connectivity index (χ4v) is 1.51. The normalized spacial score (nSPS) is 43.9. The Morgan fingerprint density at radius 3 is 2.29 bits per heavy atom. The largest absolute Gasteiger partial charge is 0.387 e. The zero-order valence-corrected chi connectivity index (χ0v) is 8.16. The molecular formula is C8H16O6. The van der Waals surface area contributed by atoms with Crippen LogP contribution in [0.25, 0.3) is 0 Å². The molecule has 1 aliphatic rings. The summed E-state index contributed by atoms with van der Waals surface area (Å²) < 4.78 is 14.8. The molecule has 0 aromatic heterocycles. The Kier molecular flexibility index (Phi) is 4.24. The minimum Gasteiger partial charge on any atom is -0.387 e. The quantitative estimate of drug-likeness (QED) is 0.501. The van der Waals surface area contributed by atoms with E-state index in [0.29, 0.717) is 0 Å². The van der Waals surface area contributed by atoms with Crippen LogP contribution in [0.3, 0.4) is 0 Å². The molecule has 1 fully saturated rings. The van der Waals surface area contributed by atoms with Crippen LogP contribution in [0, 0.1) is 0 Å². The van der Waals surface area contributed by atoms with Gasteiger partial charge in [-0.15, -0.1) is 0 Å². The van der Waals surface area contributed by atoms with Crippen molar-refractivity contribution < 1.29 is 29.5 Å². The second-order valence-corrected chi connectivity index (χ2v) is 3.20. The van der Waals surface area contributed by atoms with Crippen LogP contribution in [0.4, 0.5) is 0 Å². The molecule has 3 N–H and O–H groups in total. The molecule has 0 aromatic carbocycles. The summed E-state index contributed by atoms with van der Waals surface area (Å²) in [5, 5.41) is 28.0. The zero-order valence-electron chi connectivity index (χ0n) is 8.16. The molecule has 1 rings (SSSR count). The van der Waals surface area contributed by atoms with Crippen molar-refractivity contribution in [2.24, 2.45) is 0 Å². The molecule has 0 aliphatic carbocycles. The van der Waals surface area contributed by atoms with Crippen LogP contribution in [0.2, 0.25) is 0 Å². The lowest BCUT2D eigenvalue weighted by atomic mass is 9.99. The Labute approximate surface area is 82.0 Å². The highest BCUT2D eigenvalue weighted by molar-refractivity contribution is 4.89. The molecule has 0 saturated carbocycles.